The van der Waals surface area contributed by atoms with E-state index < -0.39 is 0 Å². The Morgan fingerprint density at radius 1 is 1.06 bits per heavy atom. The van der Waals surface area contributed by atoms with Gasteiger partial charge in [0, 0.05) is 13.8 Å². The van der Waals surface area contributed by atoms with Crippen LogP contribution in [-0.4, -0.2) is 25.2 Å². The number of ether oxygens (including phenoxy) is 2. The van der Waals surface area contributed by atoms with E-state index in [0.29, 0.717) is 0 Å². The van der Waals surface area contributed by atoms with E-state index >= 15 is 0 Å². The van der Waals surface area contributed by atoms with Crippen molar-refractivity contribution in [2.75, 3.05) is 13.2 Å². The quantitative estimate of drug-likeness (QED) is 0.546. The van der Waals surface area contributed by atoms with Gasteiger partial charge in [0.2, 0.25) is 0 Å². The van der Waals surface area contributed by atoms with E-state index in [1.165, 1.54) is 13.8 Å². The van der Waals surface area contributed by atoms with Crippen LogP contribution >= 0.6 is 0 Å². The monoisotopic (exact) mass is 228 g/mol. The minimum Gasteiger partial charge on any atom is -0.462 e. The lowest BCUT2D eigenvalue weighted by Crippen LogP contribution is -2.17. The molecule has 0 aromatic rings. The number of carbonyl (C=O) groups excluding carboxylic acids is 2. The maximum absolute atomic E-state index is 10.7. The summed E-state index contributed by atoms with van der Waals surface area (Å²) in [7, 11) is 0. The van der Waals surface area contributed by atoms with Crippen molar-refractivity contribution < 1.29 is 19.1 Å². The van der Waals surface area contributed by atoms with E-state index in [1.807, 2.05) is 20.8 Å². The van der Waals surface area contributed by atoms with Gasteiger partial charge >= 0.3 is 11.9 Å². The second kappa shape index (κ2) is 6.30. The van der Waals surface area contributed by atoms with Gasteiger partial charge in [-0.15, -0.1) is 0 Å². The molecule has 0 aromatic carbocycles. The molecule has 0 spiro atoms. The van der Waals surface area contributed by atoms with Crippen LogP contribution in [0.5, 0.6) is 0 Å². The highest BCUT2D eigenvalue weighted by atomic mass is 16.5. The molecular weight excluding hydrogens is 208 g/mol. The predicted molar refractivity (Wildman–Crippen MR) is 60.8 cm³/mol. The third kappa shape index (κ3) is 7.04. The Labute approximate surface area is 96.6 Å². The second-order valence-electron chi connectivity index (χ2n) is 4.56. The average molecular weight is 228 g/mol. The summed E-state index contributed by atoms with van der Waals surface area (Å²) in [6.45, 7) is 9.20. The van der Waals surface area contributed by atoms with Crippen molar-refractivity contribution in [3.8, 4) is 0 Å². The number of esters is 2. The topological polar surface area (TPSA) is 52.6 Å². The lowest BCUT2D eigenvalue weighted by molar-refractivity contribution is -0.141. The number of hydrogen-bond acceptors (Lipinski definition) is 4. The third-order valence-electron chi connectivity index (χ3n) is 2.01. The molecule has 92 valence electrons. The molecule has 0 rings (SSSR count). The van der Waals surface area contributed by atoms with Gasteiger partial charge in [0.15, 0.2) is 0 Å². The summed E-state index contributed by atoms with van der Waals surface area (Å²) in [4.78, 5) is 21.3. The summed E-state index contributed by atoms with van der Waals surface area (Å²) in [6, 6.07) is 0. The van der Waals surface area contributed by atoms with Crippen molar-refractivity contribution in [1.29, 1.82) is 0 Å². The molecule has 0 heterocycles. The van der Waals surface area contributed by atoms with Gasteiger partial charge in [0.05, 0.1) is 0 Å². The molecule has 4 heteroatoms. The third-order valence-corrected chi connectivity index (χ3v) is 2.01. The van der Waals surface area contributed by atoms with Crippen LogP contribution in [0.1, 0.15) is 34.6 Å². The molecule has 0 aliphatic carbocycles. The summed E-state index contributed by atoms with van der Waals surface area (Å²) in [5, 5.41) is 0. The molecule has 0 radical (unpaired) electrons. The van der Waals surface area contributed by atoms with Crippen LogP contribution in [0.15, 0.2) is 11.6 Å². The van der Waals surface area contributed by atoms with Crippen LogP contribution in [0.25, 0.3) is 0 Å². The van der Waals surface area contributed by atoms with Gasteiger partial charge in [-0.3, -0.25) is 9.59 Å². The van der Waals surface area contributed by atoms with Crippen LogP contribution < -0.4 is 0 Å². The summed E-state index contributed by atoms with van der Waals surface area (Å²) >= 11 is 0. The molecule has 0 aromatic heterocycles. The van der Waals surface area contributed by atoms with Crippen molar-refractivity contribution in [3.63, 3.8) is 0 Å². The lowest BCUT2D eigenvalue weighted by Gasteiger charge is -2.22. The molecule has 0 unspecified atom stereocenters. The van der Waals surface area contributed by atoms with E-state index in [9.17, 15) is 9.59 Å². The zero-order valence-electron chi connectivity index (χ0n) is 10.6. The first kappa shape index (κ1) is 14.7. The van der Waals surface area contributed by atoms with Crippen LogP contribution in [0.4, 0.5) is 0 Å². The Balaban J connectivity index is 4.42. The highest BCUT2D eigenvalue weighted by Gasteiger charge is 2.17. The maximum atomic E-state index is 10.7. The Morgan fingerprint density at radius 2 is 1.56 bits per heavy atom. The fourth-order valence-electron chi connectivity index (χ4n) is 1.02. The Bertz CT molecular complexity index is 284. The summed E-state index contributed by atoms with van der Waals surface area (Å²) in [5.74, 6) is -0.639. The zero-order chi connectivity index (χ0) is 12.8. The first-order valence-corrected chi connectivity index (χ1v) is 5.19. The fourth-order valence-corrected chi connectivity index (χ4v) is 1.02. The van der Waals surface area contributed by atoms with Crippen molar-refractivity contribution in [1.82, 2.24) is 0 Å². The minimum atomic E-state index is -0.322. The molecule has 0 aliphatic rings. The van der Waals surface area contributed by atoms with Gasteiger partial charge < -0.3 is 9.47 Å². The van der Waals surface area contributed by atoms with E-state index in [0.717, 1.165) is 5.57 Å². The van der Waals surface area contributed by atoms with E-state index in [4.69, 9.17) is 9.47 Å². The van der Waals surface area contributed by atoms with Gasteiger partial charge in [0.25, 0.3) is 0 Å². The summed E-state index contributed by atoms with van der Waals surface area (Å²) in [6.07, 6.45) is 1.78. The maximum Gasteiger partial charge on any atom is 0.302 e. The number of hydrogen-bond donors (Lipinski definition) is 0. The molecule has 0 atom stereocenters. The Hall–Kier alpha value is -1.32. The molecule has 0 aliphatic heterocycles. The van der Waals surface area contributed by atoms with Crippen molar-refractivity contribution in [2.24, 2.45) is 5.41 Å². The number of carbonyl (C=O) groups is 2. The smallest absolute Gasteiger partial charge is 0.302 e. The average Bonchev–Trinajstić information content (AvgIpc) is 2.07. The lowest BCUT2D eigenvalue weighted by atomic mass is 9.87. The predicted octanol–water partition coefficient (Wildman–Crippen LogP) is 2.09. The molecular formula is C12H20O4. The Kier molecular flexibility index (Phi) is 5.78. The van der Waals surface area contributed by atoms with E-state index in [1.54, 1.807) is 6.08 Å². The molecule has 0 bridgehead atoms. The molecule has 16 heavy (non-hydrogen) atoms. The van der Waals surface area contributed by atoms with Gasteiger partial charge in [-0.05, 0) is 17.1 Å². The standard InChI is InChI=1S/C12H20O4/c1-9(13)15-7-6-11(12(3,4)5)8-16-10(2)14/h6H,7-8H2,1-5H3/b11-6-. The van der Waals surface area contributed by atoms with Crippen molar-refractivity contribution >= 4 is 11.9 Å². The van der Waals surface area contributed by atoms with Crippen LogP contribution in [-0.2, 0) is 19.1 Å². The summed E-state index contributed by atoms with van der Waals surface area (Å²) < 4.78 is 9.76. The normalized spacial score (nSPS) is 12.2. The van der Waals surface area contributed by atoms with E-state index in [-0.39, 0.29) is 30.6 Å². The van der Waals surface area contributed by atoms with Crippen LogP contribution in [0.2, 0.25) is 0 Å². The molecule has 0 N–H and O–H groups in total. The summed E-state index contributed by atoms with van der Waals surface area (Å²) in [5.41, 5.74) is 0.819. The number of rotatable bonds is 4. The SMILES string of the molecule is CC(=O)OC/C=C(/COC(C)=O)C(C)(C)C. The fraction of sp³-hybridized carbons (Fsp3) is 0.667. The second-order valence-corrected chi connectivity index (χ2v) is 4.56. The molecule has 0 amide bonds. The van der Waals surface area contributed by atoms with Gasteiger partial charge in [-0.1, -0.05) is 20.8 Å². The highest BCUT2D eigenvalue weighted by Crippen LogP contribution is 2.25. The first-order chi connectivity index (χ1) is 7.23. The zero-order valence-corrected chi connectivity index (χ0v) is 10.6. The van der Waals surface area contributed by atoms with E-state index in [2.05, 4.69) is 0 Å². The largest absolute Gasteiger partial charge is 0.462 e. The minimum absolute atomic E-state index is 0.115. The van der Waals surface area contributed by atoms with Crippen LogP contribution in [0.3, 0.4) is 0 Å². The molecule has 0 saturated carbocycles. The van der Waals surface area contributed by atoms with Crippen LogP contribution in [0, 0.1) is 5.41 Å². The van der Waals surface area contributed by atoms with Gasteiger partial charge in [0.1, 0.15) is 13.2 Å². The molecule has 4 nitrogen and oxygen atoms in total. The molecule has 0 saturated heterocycles. The first-order valence-electron chi connectivity index (χ1n) is 5.19. The highest BCUT2D eigenvalue weighted by molar-refractivity contribution is 5.66. The van der Waals surface area contributed by atoms with Crippen molar-refractivity contribution in [3.05, 3.63) is 11.6 Å². The van der Waals surface area contributed by atoms with Gasteiger partial charge in [-0.25, -0.2) is 0 Å². The van der Waals surface area contributed by atoms with Crippen molar-refractivity contribution in [2.45, 2.75) is 34.6 Å². The Morgan fingerprint density at radius 3 is 1.94 bits per heavy atom. The molecule has 0 fully saturated rings. The van der Waals surface area contributed by atoms with Gasteiger partial charge in [-0.2, -0.15) is 0 Å².